The van der Waals surface area contributed by atoms with E-state index in [1.54, 1.807) is 0 Å². The molecular weight excluding hydrogens is 1250 g/mol. The summed E-state index contributed by atoms with van der Waals surface area (Å²) in [4.78, 5) is 10.9. The van der Waals surface area contributed by atoms with Gasteiger partial charge in [-0.1, -0.05) is 248 Å². The molecule has 3 aromatic heterocycles. The Labute approximate surface area is 540 Å². The van der Waals surface area contributed by atoms with Crippen LogP contribution in [-0.4, -0.2) is 24.2 Å². The monoisotopic (exact) mass is 1340 g/mol. The number of rotatable bonds is 7. The number of benzene rings is 8. The molecule has 0 bridgehead atoms. The number of hydrogen-bond acceptors (Lipinski definition) is 3. The van der Waals surface area contributed by atoms with Crippen LogP contribution in [0.1, 0.15) is 184 Å². The average molecular weight is 1340 g/mol. The molecule has 0 radical (unpaired) electrons. The molecule has 456 valence electrons. The molecule has 6 heteroatoms. The van der Waals surface area contributed by atoms with Gasteiger partial charge >= 0.3 is 0 Å². The molecule has 0 saturated heterocycles. The Morgan fingerprint density at radius 2 is 0.875 bits per heavy atom. The number of aromatic nitrogens is 4. The van der Waals surface area contributed by atoms with Gasteiger partial charge in [0.05, 0.1) is 27.6 Å². The van der Waals surface area contributed by atoms with Gasteiger partial charge in [0, 0.05) is 60.7 Å². The zero-order valence-corrected chi connectivity index (χ0v) is 58.4. The first-order chi connectivity index (χ1) is 40.4. The topological polar surface area (TPSA) is 55.9 Å². The van der Waals surface area contributed by atoms with E-state index in [4.69, 9.17) is 9.97 Å². The van der Waals surface area contributed by atoms with Crippen molar-refractivity contribution in [3.63, 3.8) is 0 Å². The van der Waals surface area contributed by atoms with E-state index in [0.29, 0.717) is 11.4 Å². The Hall–Kier alpha value is -7.33. The third-order valence-electron chi connectivity index (χ3n) is 17.8. The van der Waals surface area contributed by atoms with Crippen LogP contribution in [0.2, 0.25) is 0 Å². The number of fused-ring (bicyclic) bond motifs is 4. The number of pyridine rings is 1. The van der Waals surface area contributed by atoms with E-state index in [0.717, 1.165) is 72.6 Å². The number of phenolic OH excluding ortho intramolecular Hbond substituents is 1. The summed E-state index contributed by atoms with van der Waals surface area (Å²) < 4.78 is 4.74. The molecule has 11 rings (SSSR count). The summed E-state index contributed by atoms with van der Waals surface area (Å²) in [6.07, 6.45) is 1.94. The van der Waals surface area contributed by atoms with Gasteiger partial charge in [0.2, 0.25) is 0 Å². The fraction of sp³-hybridized carbons (Fsp3) is 0.341. The molecule has 0 saturated carbocycles. The van der Waals surface area contributed by atoms with Crippen LogP contribution in [0, 0.1) is 6.07 Å². The summed E-state index contributed by atoms with van der Waals surface area (Å²) in [5, 5.41) is 15.1. The molecular formula is C82H91N4OPt-. The summed E-state index contributed by atoms with van der Waals surface area (Å²) in [5.41, 5.74) is 22.6. The second-order valence-corrected chi connectivity index (χ2v) is 31.9. The molecule has 0 amide bonds. The Balaban J connectivity index is 0.00000855. The summed E-state index contributed by atoms with van der Waals surface area (Å²) >= 11 is 0. The van der Waals surface area contributed by atoms with Crippen molar-refractivity contribution in [1.82, 2.24) is 19.1 Å². The molecule has 3 heterocycles. The van der Waals surface area contributed by atoms with Crippen LogP contribution in [0.3, 0.4) is 0 Å². The van der Waals surface area contributed by atoms with Crippen molar-refractivity contribution in [3.8, 4) is 73.2 Å². The van der Waals surface area contributed by atoms with E-state index in [2.05, 4.69) is 318 Å². The Bertz CT molecular complexity index is 4430. The SMILES string of the molecule is CC(C)(C)c1cc(-c2cc(-c3ccc4c5ccccc5n(-c5cccc(-c6cc(C(C)(C)C)cc(C(C)(C)C)c6)c5)c4c3)ccn2)[c-]c(-c2cccc3c2nc(-c2cc(C(C)(C)C)cc(C(C)(C)C)c2O)n3-c2cc(C(C)(C)C)cc(C(C)(C)C)c2)c1.[Pt]. The Morgan fingerprint density at radius 3 is 1.48 bits per heavy atom. The third-order valence-corrected chi connectivity index (χ3v) is 17.8. The van der Waals surface area contributed by atoms with Gasteiger partial charge in [0.15, 0.2) is 0 Å². The van der Waals surface area contributed by atoms with E-state index < -0.39 is 0 Å². The minimum Gasteiger partial charge on any atom is -0.507 e. The van der Waals surface area contributed by atoms with E-state index in [1.807, 2.05) is 6.20 Å². The second kappa shape index (κ2) is 22.3. The first-order valence-electron chi connectivity index (χ1n) is 31.3. The maximum Gasteiger partial charge on any atom is 0.148 e. The van der Waals surface area contributed by atoms with Crippen molar-refractivity contribution in [2.24, 2.45) is 0 Å². The van der Waals surface area contributed by atoms with Gasteiger partial charge in [-0.2, -0.15) is 0 Å². The van der Waals surface area contributed by atoms with Gasteiger partial charge in [0.1, 0.15) is 11.6 Å². The molecule has 1 N–H and O–H groups in total. The minimum absolute atomic E-state index is 0. The van der Waals surface area contributed by atoms with Crippen molar-refractivity contribution in [3.05, 3.63) is 209 Å². The van der Waals surface area contributed by atoms with Gasteiger partial charge in [-0.15, -0.1) is 29.3 Å². The minimum atomic E-state index is -0.339. The number of para-hydroxylation sites is 2. The Kier molecular flexibility index (Phi) is 16.1. The van der Waals surface area contributed by atoms with Crippen LogP contribution < -0.4 is 0 Å². The standard InChI is InChI=1S/C82H91N4O.Pt/c1-76(2,3)56-39-54(64-29-25-31-71-73(64)84-75(67-48-61(81(16,17)18)49-68(74(67)87)82(19,20)21)86(71)63-46-59(79(10,11)12)45-60(47-63)80(13,14)15)36-55(40-56)69-42-52(34-35-83-69)51-32-33-66-65-28-22-23-30-70(65)85(72(66)43-51)62-27-24-26-50(41-62)53-37-57(77(4,5)6)44-58(38-53)78(7,8)9;/h22-35,37-49,87H,1-21H3;/q-1;. The maximum absolute atomic E-state index is 12.7. The molecule has 8 aromatic carbocycles. The van der Waals surface area contributed by atoms with Crippen molar-refractivity contribution in [2.75, 3.05) is 0 Å². The first kappa shape index (κ1) is 63.7. The molecule has 5 nitrogen and oxygen atoms in total. The summed E-state index contributed by atoms with van der Waals surface area (Å²) in [7, 11) is 0. The van der Waals surface area contributed by atoms with Gasteiger partial charge in [-0.25, -0.2) is 4.98 Å². The number of phenols is 1. The fourth-order valence-corrected chi connectivity index (χ4v) is 12.1. The first-order valence-corrected chi connectivity index (χ1v) is 31.3. The van der Waals surface area contributed by atoms with E-state index in [-0.39, 0.29) is 64.7 Å². The van der Waals surface area contributed by atoms with E-state index in [1.165, 1.54) is 55.2 Å². The normalized spacial score (nSPS) is 13.0. The second-order valence-electron chi connectivity index (χ2n) is 31.9. The van der Waals surface area contributed by atoms with Crippen LogP contribution in [0.25, 0.3) is 100 Å². The van der Waals surface area contributed by atoms with Crippen molar-refractivity contribution in [2.45, 2.75) is 183 Å². The van der Waals surface area contributed by atoms with Crippen molar-refractivity contribution >= 4 is 32.8 Å². The zero-order valence-electron chi connectivity index (χ0n) is 56.1. The van der Waals surface area contributed by atoms with Crippen LogP contribution in [0.5, 0.6) is 5.75 Å². The predicted octanol–water partition coefficient (Wildman–Crippen LogP) is 22.4. The smallest absolute Gasteiger partial charge is 0.148 e. The van der Waals surface area contributed by atoms with Gasteiger partial charge < -0.3 is 9.67 Å². The molecule has 0 unspecified atom stereocenters. The quantitative estimate of drug-likeness (QED) is 0.162. The largest absolute Gasteiger partial charge is 0.507 e. The van der Waals surface area contributed by atoms with Gasteiger partial charge in [-0.05, 0) is 143 Å². The number of imidazole rings is 1. The summed E-state index contributed by atoms with van der Waals surface area (Å²) in [6.45, 7) is 47.6. The van der Waals surface area contributed by atoms with Crippen LogP contribution in [0.4, 0.5) is 0 Å². The summed E-state index contributed by atoms with van der Waals surface area (Å²) in [6, 6.07) is 62.7. The number of nitrogens with zero attached hydrogens (tertiary/aromatic N) is 4. The maximum atomic E-state index is 12.7. The third kappa shape index (κ3) is 12.3. The van der Waals surface area contributed by atoms with E-state index >= 15 is 0 Å². The molecule has 11 aromatic rings. The zero-order chi connectivity index (χ0) is 62.9. The molecule has 0 aliphatic carbocycles. The van der Waals surface area contributed by atoms with Gasteiger partial charge in [-0.3, -0.25) is 9.55 Å². The predicted molar refractivity (Wildman–Crippen MR) is 372 cm³/mol. The van der Waals surface area contributed by atoms with Gasteiger partial charge in [0.25, 0.3) is 0 Å². The Morgan fingerprint density at radius 1 is 0.364 bits per heavy atom. The molecule has 0 aliphatic heterocycles. The molecule has 88 heavy (non-hydrogen) atoms. The number of aromatic hydroxyl groups is 1. The summed E-state index contributed by atoms with van der Waals surface area (Å²) in [5.74, 6) is 0.955. The molecule has 0 atom stereocenters. The molecule has 0 fully saturated rings. The van der Waals surface area contributed by atoms with Crippen molar-refractivity contribution in [1.29, 1.82) is 0 Å². The van der Waals surface area contributed by atoms with Crippen molar-refractivity contribution < 1.29 is 26.2 Å². The van der Waals surface area contributed by atoms with Crippen LogP contribution >= 0.6 is 0 Å². The number of hydrogen-bond donors (Lipinski definition) is 1. The average Bonchev–Trinajstić information content (AvgIpc) is 3.19. The molecule has 0 spiro atoms. The molecule has 0 aliphatic rings. The van der Waals surface area contributed by atoms with Crippen LogP contribution in [-0.2, 0) is 59.0 Å². The van der Waals surface area contributed by atoms with E-state index in [9.17, 15) is 5.11 Å². The van der Waals surface area contributed by atoms with Crippen LogP contribution in [0.15, 0.2) is 164 Å². The fourth-order valence-electron chi connectivity index (χ4n) is 12.1.